The van der Waals surface area contributed by atoms with Crippen LogP contribution in [0.1, 0.15) is 13.3 Å². The molecule has 70 valence electrons. The Bertz CT molecular complexity index is 175. The van der Waals surface area contributed by atoms with Gasteiger partial charge in [-0.15, -0.1) is 11.6 Å². The summed E-state index contributed by atoms with van der Waals surface area (Å²) in [4.78, 5) is 10.7. The minimum Gasteiger partial charge on any atom is -0.500 e. The van der Waals surface area contributed by atoms with Gasteiger partial charge >= 0.3 is 5.97 Å². The molecule has 12 heavy (non-hydrogen) atoms. The molecule has 1 unspecified atom stereocenters. The van der Waals surface area contributed by atoms with E-state index in [1.54, 1.807) is 13.0 Å². The van der Waals surface area contributed by atoms with Gasteiger partial charge in [-0.3, -0.25) is 4.79 Å². The summed E-state index contributed by atoms with van der Waals surface area (Å²) in [5.41, 5.74) is 0. The van der Waals surface area contributed by atoms with E-state index in [0.717, 1.165) is 0 Å². The summed E-state index contributed by atoms with van der Waals surface area (Å²) in [5, 5.41) is -0.223. The number of hydrogen-bond acceptors (Lipinski definition) is 3. The summed E-state index contributed by atoms with van der Waals surface area (Å²) in [5.74, 6) is 0.281. The van der Waals surface area contributed by atoms with E-state index in [2.05, 4.69) is 4.74 Å². The molecule has 0 bridgehead atoms. The molecular weight excluding hydrogens is 180 g/mol. The van der Waals surface area contributed by atoms with E-state index in [0.29, 0.717) is 5.76 Å². The van der Waals surface area contributed by atoms with Crippen LogP contribution in [0.15, 0.2) is 11.8 Å². The van der Waals surface area contributed by atoms with Crippen LogP contribution in [0.3, 0.4) is 0 Å². The second-order valence-corrected chi connectivity index (χ2v) is 2.86. The Morgan fingerprint density at radius 1 is 1.50 bits per heavy atom. The van der Waals surface area contributed by atoms with Crippen molar-refractivity contribution in [3.8, 4) is 0 Å². The number of halogens is 1. The highest BCUT2D eigenvalue weighted by molar-refractivity contribution is 6.21. The van der Waals surface area contributed by atoms with Gasteiger partial charge in [0.05, 0.1) is 26.0 Å². The van der Waals surface area contributed by atoms with Crippen molar-refractivity contribution in [3.05, 3.63) is 11.8 Å². The summed E-state index contributed by atoms with van der Waals surface area (Å²) in [6.45, 7) is 1.77. The Labute approximate surface area is 77.3 Å². The van der Waals surface area contributed by atoms with Gasteiger partial charge in [-0.1, -0.05) is 0 Å². The minimum absolute atomic E-state index is 0.191. The molecule has 0 rings (SSSR count). The lowest BCUT2D eigenvalue weighted by Gasteiger charge is -2.06. The molecule has 0 aliphatic heterocycles. The van der Waals surface area contributed by atoms with Gasteiger partial charge in [0.2, 0.25) is 0 Å². The van der Waals surface area contributed by atoms with Gasteiger partial charge in [0.25, 0.3) is 0 Å². The number of alkyl halides is 1. The maximum absolute atomic E-state index is 10.7. The highest BCUT2D eigenvalue weighted by atomic mass is 35.5. The fourth-order valence-corrected chi connectivity index (χ4v) is 0.854. The van der Waals surface area contributed by atoms with Crippen LogP contribution in [0.5, 0.6) is 0 Å². The molecule has 0 heterocycles. The number of rotatable bonds is 4. The topological polar surface area (TPSA) is 35.5 Å². The first-order valence-electron chi connectivity index (χ1n) is 3.56. The number of methoxy groups -OCH3 is 2. The predicted octanol–water partition coefficient (Wildman–Crippen LogP) is 1.71. The van der Waals surface area contributed by atoms with Crippen LogP contribution >= 0.6 is 11.6 Å². The quantitative estimate of drug-likeness (QED) is 0.387. The second kappa shape index (κ2) is 5.89. The predicted molar refractivity (Wildman–Crippen MR) is 47.0 cm³/mol. The number of carbonyl (C=O) groups is 1. The van der Waals surface area contributed by atoms with E-state index in [1.165, 1.54) is 14.2 Å². The number of hydrogen-bond donors (Lipinski definition) is 0. The Hall–Kier alpha value is -0.700. The zero-order chi connectivity index (χ0) is 9.56. The van der Waals surface area contributed by atoms with Gasteiger partial charge in [0.15, 0.2) is 0 Å². The molecule has 0 aliphatic carbocycles. The van der Waals surface area contributed by atoms with E-state index >= 15 is 0 Å². The van der Waals surface area contributed by atoms with Gasteiger partial charge in [0, 0.05) is 0 Å². The lowest BCUT2D eigenvalue weighted by atomic mass is 10.3. The number of esters is 1. The minimum atomic E-state index is -0.304. The zero-order valence-electron chi connectivity index (χ0n) is 7.46. The summed E-state index contributed by atoms with van der Waals surface area (Å²) in [7, 11) is 2.86. The molecule has 0 aromatic rings. The highest BCUT2D eigenvalue weighted by Crippen LogP contribution is 2.10. The van der Waals surface area contributed by atoms with Gasteiger partial charge < -0.3 is 9.47 Å². The molecule has 3 nitrogen and oxygen atoms in total. The molecule has 0 N–H and O–H groups in total. The number of allylic oxidation sites excluding steroid dienone is 1. The van der Waals surface area contributed by atoms with Crippen LogP contribution in [-0.4, -0.2) is 25.6 Å². The van der Waals surface area contributed by atoms with Crippen molar-refractivity contribution in [2.45, 2.75) is 18.7 Å². The van der Waals surface area contributed by atoms with E-state index in [9.17, 15) is 4.79 Å². The van der Waals surface area contributed by atoms with Crippen molar-refractivity contribution in [2.75, 3.05) is 14.2 Å². The highest BCUT2D eigenvalue weighted by Gasteiger charge is 2.05. The van der Waals surface area contributed by atoms with Crippen LogP contribution < -0.4 is 0 Å². The molecule has 0 saturated heterocycles. The first-order valence-corrected chi connectivity index (χ1v) is 4.00. The van der Waals surface area contributed by atoms with Gasteiger partial charge in [0.1, 0.15) is 5.76 Å². The molecule has 0 spiro atoms. The van der Waals surface area contributed by atoms with Gasteiger partial charge in [-0.25, -0.2) is 0 Å². The summed E-state index contributed by atoms with van der Waals surface area (Å²) in [6, 6.07) is 0. The monoisotopic (exact) mass is 192 g/mol. The number of ether oxygens (including phenoxy) is 2. The Morgan fingerprint density at radius 3 is 2.42 bits per heavy atom. The molecule has 0 aromatic carbocycles. The summed E-state index contributed by atoms with van der Waals surface area (Å²) >= 11 is 5.73. The van der Waals surface area contributed by atoms with Crippen molar-refractivity contribution < 1.29 is 14.3 Å². The Balaban J connectivity index is 4.03. The summed E-state index contributed by atoms with van der Waals surface area (Å²) in [6.07, 6.45) is 1.81. The molecule has 0 aromatic heterocycles. The standard InChI is InChI=1S/C8H13ClO3/c1-6(9)7(11-2)4-5-8(10)12-3/h4,6H,5H2,1-3H3/b7-4+. The SMILES string of the molecule is COC(=O)C/C=C(/OC)C(C)Cl. The normalized spacial score (nSPS) is 13.8. The van der Waals surface area contributed by atoms with Crippen LogP contribution in [0.4, 0.5) is 0 Å². The van der Waals surface area contributed by atoms with E-state index < -0.39 is 0 Å². The third kappa shape index (κ3) is 4.23. The molecular formula is C8H13ClO3. The molecule has 4 heteroatoms. The smallest absolute Gasteiger partial charge is 0.309 e. The van der Waals surface area contributed by atoms with Gasteiger partial charge in [-0.05, 0) is 13.0 Å². The Kier molecular flexibility index (Phi) is 5.54. The molecule has 0 amide bonds. The second-order valence-electron chi connectivity index (χ2n) is 2.21. The maximum atomic E-state index is 10.7. The van der Waals surface area contributed by atoms with Crippen LogP contribution in [0.25, 0.3) is 0 Å². The lowest BCUT2D eigenvalue weighted by molar-refractivity contribution is -0.139. The summed E-state index contributed by atoms with van der Waals surface area (Å²) < 4.78 is 9.37. The average Bonchev–Trinajstić information content (AvgIpc) is 2.04. The van der Waals surface area contributed by atoms with Crippen molar-refractivity contribution in [1.29, 1.82) is 0 Å². The number of carbonyl (C=O) groups excluding carboxylic acids is 1. The van der Waals surface area contributed by atoms with Crippen molar-refractivity contribution >= 4 is 17.6 Å². The molecule has 0 fully saturated rings. The maximum Gasteiger partial charge on any atom is 0.309 e. The largest absolute Gasteiger partial charge is 0.500 e. The van der Waals surface area contributed by atoms with Crippen LogP contribution in [0.2, 0.25) is 0 Å². The zero-order valence-corrected chi connectivity index (χ0v) is 8.22. The van der Waals surface area contributed by atoms with Crippen LogP contribution in [-0.2, 0) is 14.3 Å². The van der Waals surface area contributed by atoms with Crippen molar-refractivity contribution in [2.24, 2.45) is 0 Å². The third-order valence-corrected chi connectivity index (χ3v) is 1.54. The van der Waals surface area contributed by atoms with Crippen LogP contribution in [0, 0.1) is 0 Å². The molecule has 0 radical (unpaired) electrons. The van der Waals surface area contributed by atoms with E-state index in [-0.39, 0.29) is 17.8 Å². The first kappa shape index (κ1) is 11.3. The van der Waals surface area contributed by atoms with Crippen molar-refractivity contribution in [3.63, 3.8) is 0 Å². The van der Waals surface area contributed by atoms with Crippen molar-refractivity contribution in [1.82, 2.24) is 0 Å². The average molecular weight is 193 g/mol. The lowest BCUT2D eigenvalue weighted by Crippen LogP contribution is -2.03. The Morgan fingerprint density at radius 2 is 2.08 bits per heavy atom. The first-order chi connectivity index (χ1) is 5.61. The van der Waals surface area contributed by atoms with E-state index in [4.69, 9.17) is 16.3 Å². The fourth-order valence-electron chi connectivity index (χ4n) is 0.675. The van der Waals surface area contributed by atoms with Gasteiger partial charge in [-0.2, -0.15) is 0 Å². The third-order valence-electron chi connectivity index (χ3n) is 1.33. The molecule has 0 saturated carbocycles. The van der Waals surface area contributed by atoms with E-state index in [1.807, 2.05) is 0 Å². The molecule has 0 aliphatic rings. The molecule has 1 atom stereocenters. The fraction of sp³-hybridized carbons (Fsp3) is 0.625.